The fraction of sp³-hybridized carbons (Fsp3) is 0.222. The smallest absolute Gasteiger partial charge is 0.115 e. The molecule has 0 aliphatic rings. The number of aromatic amines is 1. The molecule has 2 heterocycles. The Morgan fingerprint density at radius 2 is 1.62 bits per heavy atom. The van der Waals surface area contributed by atoms with Crippen molar-refractivity contribution in [3.05, 3.63) is 60.6 Å². The van der Waals surface area contributed by atoms with Gasteiger partial charge in [0.05, 0.1) is 11.4 Å². The predicted molar refractivity (Wildman–Crippen MR) is 86.0 cm³/mol. The summed E-state index contributed by atoms with van der Waals surface area (Å²) in [7, 11) is 0. The second kappa shape index (κ2) is 5.17. The number of H-pyrrole nitrogens is 1. The molecule has 106 valence electrons. The quantitative estimate of drug-likeness (QED) is 0.752. The van der Waals surface area contributed by atoms with Gasteiger partial charge in [-0.05, 0) is 12.1 Å². The zero-order valence-corrected chi connectivity index (χ0v) is 12.6. The fourth-order valence-corrected chi connectivity index (χ4v) is 2.23. The molecule has 0 saturated carbocycles. The van der Waals surface area contributed by atoms with E-state index in [4.69, 9.17) is 4.98 Å². The Bertz CT molecular complexity index is 665. The Balaban J connectivity index is 2.20. The first-order chi connectivity index (χ1) is 10.1. The molecule has 3 rings (SSSR count). The molecule has 0 bridgehead atoms. The van der Waals surface area contributed by atoms with Gasteiger partial charge < -0.3 is 4.98 Å². The van der Waals surface area contributed by atoms with Gasteiger partial charge in [0.25, 0.3) is 0 Å². The summed E-state index contributed by atoms with van der Waals surface area (Å²) in [6.07, 6.45) is 1.80. The molecule has 3 nitrogen and oxygen atoms in total. The fourth-order valence-electron chi connectivity index (χ4n) is 2.23. The second-order valence-electron chi connectivity index (χ2n) is 6.14. The van der Waals surface area contributed by atoms with Gasteiger partial charge in [-0.15, -0.1) is 0 Å². The van der Waals surface area contributed by atoms with Crippen molar-refractivity contribution in [1.82, 2.24) is 15.0 Å². The van der Waals surface area contributed by atoms with E-state index in [0.29, 0.717) is 0 Å². The highest BCUT2D eigenvalue weighted by Gasteiger charge is 2.22. The van der Waals surface area contributed by atoms with Crippen LogP contribution in [-0.4, -0.2) is 15.0 Å². The molecule has 0 amide bonds. The molecule has 21 heavy (non-hydrogen) atoms. The lowest BCUT2D eigenvalue weighted by atomic mass is 9.96. The van der Waals surface area contributed by atoms with Crippen LogP contribution in [0.5, 0.6) is 0 Å². The van der Waals surface area contributed by atoms with Crippen molar-refractivity contribution in [2.45, 2.75) is 26.2 Å². The minimum atomic E-state index is -0.0312. The van der Waals surface area contributed by atoms with E-state index in [9.17, 15) is 0 Å². The molecule has 3 aromatic rings. The van der Waals surface area contributed by atoms with Crippen molar-refractivity contribution in [3.63, 3.8) is 0 Å². The summed E-state index contributed by atoms with van der Waals surface area (Å²) in [6.45, 7) is 6.47. The summed E-state index contributed by atoms with van der Waals surface area (Å²) in [6, 6.07) is 16.2. The molecule has 0 aliphatic carbocycles. The monoisotopic (exact) mass is 277 g/mol. The highest BCUT2D eigenvalue weighted by molar-refractivity contribution is 5.76. The molecular formula is C18H19N3. The van der Waals surface area contributed by atoms with E-state index in [-0.39, 0.29) is 5.41 Å². The van der Waals surface area contributed by atoms with Gasteiger partial charge in [0, 0.05) is 17.2 Å². The second-order valence-corrected chi connectivity index (χ2v) is 6.14. The maximum Gasteiger partial charge on any atom is 0.115 e. The summed E-state index contributed by atoms with van der Waals surface area (Å²) in [5.74, 6) is 0.974. The molecule has 0 radical (unpaired) electrons. The lowest BCUT2D eigenvalue weighted by Crippen LogP contribution is -2.13. The highest BCUT2D eigenvalue weighted by Crippen LogP contribution is 2.32. The van der Waals surface area contributed by atoms with Crippen molar-refractivity contribution >= 4 is 0 Å². The lowest BCUT2D eigenvalue weighted by molar-refractivity contribution is 0.553. The molecule has 1 aromatic carbocycles. The van der Waals surface area contributed by atoms with Gasteiger partial charge in [-0.3, -0.25) is 4.98 Å². The first-order valence-corrected chi connectivity index (χ1v) is 7.13. The van der Waals surface area contributed by atoms with E-state index in [1.165, 1.54) is 0 Å². The Labute approximate surface area is 125 Å². The summed E-state index contributed by atoms with van der Waals surface area (Å²) in [5, 5.41) is 0. The number of imidazole rings is 1. The molecule has 0 spiro atoms. The van der Waals surface area contributed by atoms with E-state index in [0.717, 1.165) is 28.5 Å². The third kappa shape index (κ3) is 2.72. The normalized spacial score (nSPS) is 11.6. The van der Waals surface area contributed by atoms with Crippen LogP contribution in [0.15, 0.2) is 54.7 Å². The van der Waals surface area contributed by atoms with Crippen LogP contribution >= 0.6 is 0 Å². The zero-order chi connectivity index (χ0) is 14.9. The van der Waals surface area contributed by atoms with Gasteiger partial charge in [-0.2, -0.15) is 0 Å². The van der Waals surface area contributed by atoms with Crippen LogP contribution in [0.2, 0.25) is 0 Å². The summed E-state index contributed by atoms with van der Waals surface area (Å²) in [5.41, 5.74) is 3.92. The van der Waals surface area contributed by atoms with Gasteiger partial charge in [-0.1, -0.05) is 57.2 Å². The van der Waals surface area contributed by atoms with Gasteiger partial charge in [0.15, 0.2) is 0 Å². The third-order valence-electron chi connectivity index (χ3n) is 3.38. The van der Waals surface area contributed by atoms with E-state index in [2.05, 4.69) is 42.9 Å². The molecule has 0 aliphatic heterocycles. The van der Waals surface area contributed by atoms with E-state index in [1.54, 1.807) is 6.20 Å². The molecule has 2 aromatic heterocycles. The first kappa shape index (κ1) is 13.6. The molecule has 0 fully saturated rings. The maximum atomic E-state index is 4.81. The largest absolute Gasteiger partial charge is 0.341 e. The third-order valence-corrected chi connectivity index (χ3v) is 3.38. The van der Waals surface area contributed by atoms with Crippen molar-refractivity contribution < 1.29 is 0 Å². The van der Waals surface area contributed by atoms with Crippen molar-refractivity contribution in [1.29, 1.82) is 0 Å². The molecule has 3 heteroatoms. The molecule has 0 unspecified atom stereocenters. The number of hydrogen-bond acceptors (Lipinski definition) is 2. The molecular weight excluding hydrogens is 258 g/mol. The Hall–Kier alpha value is -2.42. The number of aromatic nitrogens is 3. The summed E-state index contributed by atoms with van der Waals surface area (Å²) in [4.78, 5) is 12.7. The SMILES string of the molecule is CC(C)(C)c1nc(-c2ccccn2)c(-c2ccccc2)[nH]1. The van der Waals surface area contributed by atoms with Gasteiger partial charge in [0.2, 0.25) is 0 Å². The Kier molecular flexibility index (Phi) is 3.34. The number of hydrogen-bond donors (Lipinski definition) is 1. The van der Waals surface area contributed by atoms with E-state index in [1.807, 2.05) is 36.4 Å². The van der Waals surface area contributed by atoms with Gasteiger partial charge in [0.1, 0.15) is 11.5 Å². The molecule has 0 atom stereocenters. The van der Waals surface area contributed by atoms with E-state index >= 15 is 0 Å². The number of nitrogens with one attached hydrogen (secondary N) is 1. The highest BCUT2D eigenvalue weighted by atomic mass is 15.0. The van der Waals surface area contributed by atoms with Crippen LogP contribution in [0.3, 0.4) is 0 Å². The standard InChI is InChI=1S/C18H19N3/c1-18(2,3)17-20-15(13-9-5-4-6-10-13)16(21-17)14-11-7-8-12-19-14/h4-12H,1-3H3,(H,20,21). The Morgan fingerprint density at radius 1 is 0.905 bits per heavy atom. The van der Waals surface area contributed by atoms with Crippen LogP contribution in [-0.2, 0) is 5.41 Å². The van der Waals surface area contributed by atoms with Crippen LogP contribution in [0.1, 0.15) is 26.6 Å². The van der Waals surface area contributed by atoms with Crippen LogP contribution in [0, 0.1) is 0 Å². The molecule has 1 N–H and O–H groups in total. The first-order valence-electron chi connectivity index (χ1n) is 7.13. The minimum absolute atomic E-state index is 0.0312. The van der Waals surface area contributed by atoms with E-state index < -0.39 is 0 Å². The van der Waals surface area contributed by atoms with Crippen LogP contribution in [0.25, 0.3) is 22.6 Å². The number of benzene rings is 1. The number of pyridine rings is 1. The number of rotatable bonds is 2. The topological polar surface area (TPSA) is 41.6 Å². The average molecular weight is 277 g/mol. The zero-order valence-electron chi connectivity index (χ0n) is 12.6. The minimum Gasteiger partial charge on any atom is -0.341 e. The van der Waals surface area contributed by atoms with Crippen molar-refractivity contribution in [2.24, 2.45) is 0 Å². The maximum absolute atomic E-state index is 4.81. The predicted octanol–water partition coefficient (Wildman–Crippen LogP) is 4.44. The summed E-state index contributed by atoms with van der Waals surface area (Å²) >= 11 is 0. The summed E-state index contributed by atoms with van der Waals surface area (Å²) < 4.78 is 0. The Morgan fingerprint density at radius 3 is 2.24 bits per heavy atom. The van der Waals surface area contributed by atoms with Crippen molar-refractivity contribution in [3.8, 4) is 22.6 Å². The van der Waals surface area contributed by atoms with Crippen LogP contribution < -0.4 is 0 Å². The van der Waals surface area contributed by atoms with Crippen LogP contribution in [0.4, 0.5) is 0 Å². The average Bonchev–Trinajstić information content (AvgIpc) is 2.94. The lowest BCUT2D eigenvalue weighted by Gasteiger charge is -2.14. The molecule has 0 saturated heterocycles. The van der Waals surface area contributed by atoms with Gasteiger partial charge >= 0.3 is 0 Å². The van der Waals surface area contributed by atoms with Crippen molar-refractivity contribution in [2.75, 3.05) is 0 Å². The van der Waals surface area contributed by atoms with Gasteiger partial charge in [-0.25, -0.2) is 4.98 Å². The number of nitrogens with zero attached hydrogens (tertiary/aromatic N) is 2.